The first-order valence-electron chi connectivity index (χ1n) is 13.3. The zero-order valence-electron chi connectivity index (χ0n) is 23.3. The van der Waals surface area contributed by atoms with Crippen molar-refractivity contribution >= 4 is 27.3 Å². The number of halogens is 3. The summed E-state index contributed by atoms with van der Waals surface area (Å²) < 4.78 is 40.0. The van der Waals surface area contributed by atoms with E-state index in [9.17, 15) is 23.1 Å². The molecule has 40 heavy (non-hydrogen) atoms. The van der Waals surface area contributed by atoms with Crippen LogP contribution in [0.2, 0.25) is 0 Å². The SMILES string of the molecule is CCC(CC)C(=O)/C=C(\O)C(CC)CC.Cc1ccc(-c2nnc(C(F)(F)F)c3cc4ccccc4cc23)[n-]1.[Ir]. The van der Waals surface area contributed by atoms with E-state index in [0.717, 1.165) is 42.1 Å². The van der Waals surface area contributed by atoms with E-state index < -0.39 is 11.9 Å². The Labute approximate surface area is 246 Å². The maximum Gasteiger partial charge on any atom is 0.435 e. The molecular weight excluding hydrogens is 696 g/mol. The van der Waals surface area contributed by atoms with Crippen LogP contribution in [-0.4, -0.2) is 21.1 Å². The van der Waals surface area contributed by atoms with Gasteiger partial charge in [-0.25, -0.2) is 0 Å². The minimum absolute atomic E-state index is 0. The van der Waals surface area contributed by atoms with E-state index in [0.29, 0.717) is 16.8 Å². The third-order valence-corrected chi connectivity index (χ3v) is 7.02. The van der Waals surface area contributed by atoms with E-state index in [1.165, 1.54) is 12.1 Å². The van der Waals surface area contributed by atoms with Crippen LogP contribution in [0.25, 0.3) is 32.9 Å². The second-order valence-corrected chi connectivity index (χ2v) is 9.61. The van der Waals surface area contributed by atoms with Crippen molar-refractivity contribution in [1.29, 1.82) is 0 Å². The van der Waals surface area contributed by atoms with Crippen LogP contribution in [0.4, 0.5) is 13.2 Å². The van der Waals surface area contributed by atoms with E-state index in [1.807, 2.05) is 46.8 Å². The smallest absolute Gasteiger partial charge is 0.435 e. The number of aliphatic hydroxyl groups is 1. The number of hydrogen-bond donors (Lipinski definition) is 1. The number of aryl methyl sites for hydroxylation is 1. The zero-order chi connectivity index (χ0) is 28.7. The summed E-state index contributed by atoms with van der Waals surface area (Å²) in [7, 11) is 0. The van der Waals surface area contributed by atoms with Gasteiger partial charge >= 0.3 is 6.18 Å². The van der Waals surface area contributed by atoms with Gasteiger partial charge in [-0.2, -0.15) is 24.0 Å². The van der Waals surface area contributed by atoms with Crippen molar-refractivity contribution < 1.29 is 43.2 Å². The molecule has 4 aromatic rings. The molecule has 0 fully saturated rings. The van der Waals surface area contributed by atoms with Crippen LogP contribution < -0.4 is 4.98 Å². The van der Waals surface area contributed by atoms with E-state index in [4.69, 9.17) is 0 Å². The first-order chi connectivity index (χ1) is 18.5. The molecule has 0 spiro atoms. The van der Waals surface area contributed by atoms with Gasteiger partial charge in [0.2, 0.25) is 0 Å². The number of alkyl halides is 3. The normalized spacial score (nSPS) is 12.0. The third kappa shape index (κ3) is 7.79. The van der Waals surface area contributed by atoms with Crippen LogP contribution in [0.1, 0.15) is 64.8 Å². The van der Waals surface area contributed by atoms with Gasteiger partial charge < -0.3 is 10.1 Å². The molecule has 1 N–H and O–H groups in total. The van der Waals surface area contributed by atoms with Crippen molar-refractivity contribution in [2.75, 3.05) is 0 Å². The molecule has 5 nitrogen and oxygen atoms in total. The second kappa shape index (κ2) is 14.6. The number of carbonyl (C=O) groups excluding carboxylic acids is 1. The van der Waals surface area contributed by atoms with Crippen molar-refractivity contribution in [1.82, 2.24) is 15.2 Å². The summed E-state index contributed by atoms with van der Waals surface area (Å²) >= 11 is 0. The Morgan fingerprint density at radius 1 is 0.900 bits per heavy atom. The Kier molecular flexibility index (Phi) is 12.1. The summed E-state index contributed by atoms with van der Waals surface area (Å²) in [4.78, 5) is 16.0. The molecule has 0 unspecified atom stereocenters. The van der Waals surface area contributed by atoms with Gasteiger partial charge in [0.15, 0.2) is 11.5 Å². The molecule has 4 rings (SSSR count). The Balaban J connectivity index is 0.000000307. The number of hydrogen-bond acceptors (Lipinski definition) is 4. The molecule has 0 saturated heterocycles. The molecule has 0 aliphatic heterocycles. The summed E-state index contributed by atoms with van der Waals surface area (Å²) in [6.07, 6.45) is 0.338. The first kappa shape index (κ1) is 33.2. The molecule has 2 aromatic heterocycles. The standard InChI is InChI=1S/C18H11F3N3.C13H24O2.Ir/c1-10-6-7-15(22-10)16-13-8-11-4-2-3-5-12(11)9-14(13)17(24-23-16)18(19,20)21;1-5-10(6-2)12(14)9-13(15)11(7-3)8-4;/h2-9H,1H3;9-11,14H,5-8H2,1-4H3;/q-1;;/b;12-9-;. The molecule has 0 aliphatic carbocycles. The van der Waals surface area contributed by atoms with Gasteiger partial charge in [-0.1, -0.05) is 71.0 Å². The van der Waals surface area contributed by atoms with Crippen LogP contribution in [0.15, 0.2) is 60.4 Å². The predicted molar refractivity (Wildman–Crippen MR) is 149 cm³/mol. The fourth-order valence-corrected chi connectivity index (χ4v) is 4.61. The zero-order valence-corrected chi connectivity index (χ0v) is 25.7. The van der Waals surface area contributed by atoms with E-state index in [-0.39, 0.29) is 48.9 Å². The predicted octanol–water partition coefficient (Wildman–Crippen LogP) is 8.60. The number of fused-ring (bicyclic) bond motifs is 2. The molecule has 0 atom stereocenters. The molecule has 0 aliphatic rings. The molecule has 0 saturated carbocycles. The number of aliphatic hydroxyl groups excluding tert-OH is 1. The van der Waals surface area contributed by atoms with E-state index in [1.54, 1.807) is 30.3 Å². The number of benzene rings is 2. The number of nitrogens with zero attached hydrogens (tertiary/aromatic N) is 3. The van der Waals surface area contributed by atoms with Crippen LogP contribution in [0, 0.1) is 18.8 Å². The Bertz CT molecular complexity index is 1460. The van der Waals surface area contributed by atoms with Crippen molar-refractivity contribution in [3.63, 3.8) is 0 Å². The fraction of sp³-hybridized carbons (Fsp3) is 0.387. The number of ketones is 1. The van der Waals surface area contributed by atoms with Crippen molar-refractivity contribution in [2.45, 2.75) is 66.5 Å². The average molecular weight is 731 g/mol. The number of rotatable bonds is 8. The van der Waals surface area contributed by atoms with Gasteiger partial charge in [0.25, 0.3) is 0 Å². The summed E-state index contributed by atoms with van der Waals surface area (Å²) in [5.74, 6) is 0.547. The van der Waals surface area contributed by atoms with Gasteiger partial charge in [-0.3, -0.25) is 4.79 Å². The first-order valence-corrected chi connectivity index (χ1v) is 13.3. The van der Waals surface area contributed by atoms with E-state index >= 15 is 0 Å². The Morgan fingerprint density at radius 3 is 1.93 bits per heavy atom. The molecule has 0 amide bonds. The minimum Gasteiger partial charge on any atom is -0.660 e. The molecule has 2 heterocycles. The maximum atomic E-state index is 13.3. The van der Waals surface area contributed by atoms with Gasteiger partial charge in [0.1, 0.15) is 0 Å². The number of allylic oxidation sites excluding steroid dienone is 2. The molecule has 1 radical (unpaired) electrons. The summed E-state index contributed by atoms with van der Waals surface area (Å²) in [6.45, 7) is 9.89. The summed E-state index contributed by atoms with van der Waals surface area (Å²) in [6, 6.07) is 14.0. The van der Waals surface area contributed by atoms with Crippen molar-refractivity contribution in [2.24, 2.45) is 11.8 Å². The van der Waals surface area contributed by atoms with Crippen molar-refractivity contribution in [3.05, 3.63) is 71.8 Å². The monoisotopic (exact) mass is 731 g/mol. The topological polar surface area (TPSA) is 77.2 Å². The van der Waals surface area contributed by atoms with E-state index in [2.05, 4.69) is 15.2 Å². The Morgan fingerprint density at radius 2 is 1.45 bits per heavy atom. The molecule has 217 valence electrons. The van der Waals surface area contributed by atoms with Gasteiger partial charge in [-0.15, -0.1) is 10.8 Å². The largest absolute Gasteiger partial charge is 0.660 e. The third-order valence-electron chi connectivity index (χ3n) is 7.02. The van der Waals surface area contributed by atoms with Crippen LogP contribution in [0.3, 0.4) is 0 Å². The van der Waals surface area contributed by atoms with Crippen LogP contribution in [-0.2, 0) is 31.1 Å². The average Bonchev–Trinajstić information content (AvgIpc) is 3.34. The van der Waals surface area contributed by atoms with Gasteiger partial charge in [0.05, 0.1) is 11.5 Å². The maximum absolute atomic E-state index is 13.3. The second-order valence-electron chi connectivity index (χ2n) is 9.61. The van der Waals surface area contributed by atoms with Crippen molar-refractivity contribution in [3.8, 4) is 11.4 Å². The number of carbonyl (C=O) groups is 1. The summed E-state index contributed by atoms with van der Waals surface area (Å²) in [5, 5.41) is 19.0. The Hall–Kier alpha value is -3.03. The summed E-state index contributed by atoms with van der Waals surface area (Å²) in [5.41, 5.74) is 0.682. The fourth-order valence-electron chi connectivity index (χ4n) is 4.61. The molecule has 2 aromatic carbocycles. The molecule has 9 heteroatoms. The quantitative estimate of drug-likeness (QED) is 0.112. The van der Waals surface area contributed by atoms with Crippen LogP contribution >= 0.6 is 0 Å². The van der Waals surface area contributed by atoms with Gasteiger partial charge in [0, 0.05) is 48.8 Å². The van der Waals surface area contributed by atoms with Crippen LogP contribution in [0.5, 0.6) is 0 Å². The van der Waals surface area contributed by atoms with Gasteiger partial charge in [-0.05, 0) is 48.6 Å². The molecular formula is C31H35F3IrN3O2-. The minimum atomic E-state index is -4.57. The molecule has 0 bridgehead atoms. The number of aromatic nitrogens is 3.